The van der Waals surface area contributed by atoms with Gasteiger partial charge in [0.15, 0.2) is 9.84 Å². The van der Waals surface area contributed by atoms with Crippen molar-refractivity contribution in [1.82, 2.24) is 15.2 Å². The maximum absolute atomic E-state index is 11.4. The van der Waals surface area contributed by atoms with Crippen molar-refractivity contribution in [2.24, 2.45) is 12.9 Å². The Balaban J connectivity index is 2.43. The van der Waals surface area contributed by atoms with Gasteiger partial charge in [0.25, 0.3) is 0 Å². The van der Waals surface area contributed by atoms with Gasteiger partial charge in [0.1, 0.15) is 0 Å². The van der Waals surface area contributed by atoms with Crippen LogP contribution in [0.2, 0.25) is 5.02 Å². The molecule has 20 heavy (non-hydrogen) atoms. The van der Waals surface area contributed by atoms with Gasteiger partial charge in [-0.2, -0.15) is 5.10 Å². The number of hydrogen-bond donors (Lipinski definition) is 2. The third-order valence-electron chi connectivity index (χ3n) is 3.02. The molecule has 0 saturated heterocycles. The molecule has 1 unspecified atom stereocenters. The molecule has 0 spiro atoms. The summed E-state index contributed by atoms with van der Waals surface area (Å²) < 4.78 is 24.5. The van der Waals surface area contributed by atoms with Crippen LogP contribution in [-0.4, -0.2) is 24.5 Å². The molecule has 1 aromatic heterocycles. The Morgan fingerprint density at radius 2 is 1.95 bits per heavy atom. The highest BCUT2D eigenvalue weighted by Crippen LogP contribution is 2.27. The van der Waals surface area contributed by atoms with Crippen molar-refractivity contribution in [1.29, 1.82) is 0 Å². The predicted molar refractivity (Wildman–Crippen MR) is 76.9 cm³/mol. The standard InChI is InChI=1S/C12H15ClN4O2S/c1-17-12(10(13)7-15-17)11(16-14)8-3-5-9(6-4-8)20(2,18)19/h3-7,11,16H,14H2,1-2H3. The molecular weight excluding hydrogens is 300 g/mol. The highest BCUT2D eigenvalue weighted by Gasteiger charge is 2.20. The SMILES string of the molecule is Cn1ncc(Cl)c1C(NN)c1ccc(S(C)(=O)=O)cc1. The van der Waals surface area contributed by atoms with Gasteiger partial charge in [-0.15, -0.1) is 0 Å². The summed E-state index contributed by atoms with van der Waals surface area (Å²) in [4.78, 5) is 0.258. The van der Waals surface area contributed by atoms with E-state index in [9.17, 15) is 8.42 Å². The van der Waals surface area contributed by atoms with Crippen LogP contribution in [0.25, 0.3) is 0 Å². The van der Waals surface area contributed by atoms with Crippen LogP contribution >= 0.6 is 11.6 Å². The fraction of sp³-hybridized carbons (Fsp3) is 0.250. The summed E-state index contributed by atoms with van der Waals surface area (Å²) in [6.07, 6.45) is 2.70. The van der Waals surface area contributed by atoms with Gasteiger partial charge < -0.3 is 0 Å². The summed E-state index contributed by atoms with van der Waals surface area (Å²) in [6.45, 7) is 0. The van der Waals surface area contributed by atoms with E-state index in [1.807, 2.05) is 0 Å². The molecule has 1 heterocycles. The van der Waals surface area contributed by atoms with Gasteiger partial charge in [-0.05, 0) is 17.7 Å². The minimum Gasteiger partial charge on any atom is -0.271 e. The van der Waals surface area contributed by atoms with Crippen molar-refractivity contribution in [2.75, 3.05) is 6.26 Å². The molecule has 8 heteroatoms. The summed E-state index contributed by atoms with van der Waals surface area (Å²) in [5.41, 5.74) is 4.17. The Hall–Kier alpha value is -1.41. The van der Waals surface area contributed by atoms with E-state index < -0.39 is 9.84 Å². The smallest absolute Gasteiger partial charge is 0.175 e. The lowest BCUT2D eigenvalue weighted by Crippen LogP contribution is -2.30. The Kier molecular flexibility index (Phi) is 4.14. The fourth-order valence-electron chi connectivity index (χ4n) is 1.99. The Morgan fingerprint density at radius 1 is 1.35 bits per heavy atom. The maximum atomic E-state index is 11.4. The van der Waals surface area contributed by atoms with E-state index in [-0.39, 0.29) is 10.9 Å². The normalized spacial score (nSPS) is 13.4. The number of hydrazine groups is 1. The zero-order chi connectivity index (χ0) is 14.9. The van der Waals surface area contributed by atoms with Gasteiger partial charge in [0.2, 0.25) is 0 Å². The number of benzene rings is 1. The summed E-state index contributed by atoms with van der Waals surface area (Å²) in [5.74, 6) is 5.59. The monoisotopic (exact) mass is 314 g/mol. The number of aryl methyl sites for hydroxylation is 1. The Labute approximate surface area is 122 Å². The van der Waals surface area contributed by atoms with Crippen LogP contribution in [-0.2, 0) is 16.9 Å². The third-order valence-corrected chi connectivity index (χ3v) is 4.44. The summed E-state index contributed by atoms with van der Waals surface area (Å²) in [5, 5.41) is 4.55. The van der Waals surface area contributed by atoms with Crippen LogP contribution in [0.15, 0.2) is 35.4 Å². The number of sulfone groups is 1. The van der Waals surface area contributed by atoms with Crippen molar-refractivity contribution in [3.63, 3.8) is 0 Å². The number of hydrogen-bond acceptors (Lipinski definition) is 5. The molecule has 2 rings (SSSR count). The van der Waals surface area contributed by atoms with E-state index in [2.05, 4.69) is 10.5 Å². The van der Waals surface area contributed by atoms with E-state index in [0.29, 0.717) is 10.7 Å². The average Bonchev–Trinajstić information content (AvgIpc) is 2.71. The highest BCUT2D eigenvalue weighted by atomic mass is 35.5. The van der Waals surface area contributed by atoms with E-state index in [1.165, 1.54) is 12.5 Å². The first-order valence-corrected chi connectivity index (χ1v) is 8.05. The van der Waals surface area contributed by atoms with Gasteiger partial charge in [-0.1, -0.05) is 23.7 Å². The number of halogens is 1. The average molecular weight is 315 g/mol. The molecule has 0 aliphatic carbocycles. The number of aromatic nitrogens is 2. The Bertz CT molecular complexity index is 690. The molecule has 2 aromatic rings. The molecule has 0 aliphatic heterocycles. The fourth-order valence-corrected chi connectivity index (χ4v) is 2.89. The van der Waals surface area contributed by atoms with Crippen LogP contribution in [0.3, 0.4) is 0 Å². The number of rotatable bonds is 4. The lowest BCUT2D eigenvalue weighted by molar-refractivity contribution is 0.574. The van der Waals surface area contributed by atoms with Gasteiger partial charge >= 0.3 is 0 Å². The minimum absolute atomic E-state index is 0.258. The summed E-state index contributed by atoms with van der Waals surface area (Å²) in [6, 6.07) is 6.11. The molecule has 3 N–H and O–H groups in total. The van der Waals surface area contributed by atoms with Crippen molar-refractivity contribution in [3.05, 3.63) is 46.7 Å². The van der Waals surface area contributed by atoms with Crippen LogP contribution < -0.4 is 11.3 Å². The van der Waals surface area contributed by atoms with Gasteiger partial charge in [-0.3, -0.25) is 10.5 Å². The molecule has 0 saturated carbocycles. The largest absolute Gasteiger partial charge is 0.271 e. The lowest BCUT2D eigenvalue weighted by Gasteiger charge is -2.17. The molecular formula is C12H15ClN4O2S. The van der Waals surface area contributed by atoms with Crippen LogP contribution in [0.4, 0.5) is 0 Å². The second-order valence-electron chi connectivity index (χ2n) is 4.44. The first kappa shape index (κ1) is 15.0. The van der Waals surface area contributed by atoms with E-state index in [4.69, 9.17) is 17.4 Å². The predicted octanol–water partition coefficient (Wildman–Crippen LogP) is 1.03. The summed E-state index contributed by atoms with van der Waals surface area (Å²) in [7, 11) is -1.46. The second kappa shape index (κ2) is 5.53. The third kappa shape index (κ3) is 2.85. The molecule has 0 bridgehead atoms. The molecule has 0 aliphatic rings. The van der Waals surface area contributed by atoms with Gasteiger partial charge in [0, 0.05) is 13.3 Å². The van der Waals surface area contributed by atoms with Crippen molar-refractivity contribution in [3.8, 4) is 0 Å². The molecule has 0 amide bonds. The maximum Gasteiger partial charge on any atom is 0.175 e. The molecule has 1 aromatic carbocycles. The molecule has 108 valence electrons. The topological polar surface area (TPSA) is 90.0 Å². The number of nitrogens with zero attached hydrogens (tertiary/aromatic N) is 2. The number of nitrogens with one attached hydrogen (secondary N) is 1. The van der Waals surface area contributed by atoms with Gasteiger partial charge in [0.05, 0.1) is 27.9 Å². The van der Waals surface area contributed by atoms with Crippen molar-refractivity contribution < 1.29 is 8.42 Å². The van der Waals surface area contributed by atoms with Crippen LogP contribution in [0.1, 0.15) is 17.3 Å². The number of nitrogens with two attached hydrogens (primary N) is 1. The summed E-state index contributed by atoms with van der Waals surface area (Å²) >= 11 is 6.10. The molecule has 0 fully saturated rings. The van der Waals surface area contributed by atoms with E-state index in [1.54, 1.807) is 36.0 Å². The zero-order valence-electron chi connectivity index (χ0n) is 11.0. The van der Waals surface area contributed by atoms with Crippen molar-refractivity contribution >= 4 is 21.4 Å². The first-order chi connectivity index (χ1) is 9.34. The van der Waals surface area contributed by atoms with E-state index >= 15 is 0 Å². The lowest BCUT2D eigenvalue weighted by atomic mass is 10.0. The first-order valence-electron chi connectivity index (χ1n) is 5.78. The molecule has 0 radical (unpaired) electrons. The van der Waals surface area contributed by atoms with E-state index in [0.717, 1.165) is 5.56 Å². The molecule has 1 atom stereocenters. The Morgan fingerprint density at radius 3 is 2.35 bits per heavy atom. The minimum atomic E-state index is -3.22. The van der Waals surface area contributed by atoms with Crippen LogP contribution in [0, 0.1) is 0 Å². The zero-order valence-corrected chi connectivity index (χ0v) is 12.6. The van der Waals surface area contributed by atoms with Crippen molar-refractivity contribution in [2.45, 2.75) is 10.9 Å². The van der Waals surface area contributed by atoms with Gasteiger partial charge in [-0.25, -0.2) is 13.8 Å². The van der Waals surface area contributed by atoms with Crippen LogP contribution in [0.5, 0.6) is 0 Å². The highest BCUT2D eigenvalue weighted by molar-refractivity contribution is 7.90. The molecule has 6 nitrogen and oxygen atoms in total. The second-order valence-corrected chi connectivity index (χ2v) is 6.87. The quantitative estimate of drug-likeness (QED) is 0.650.